The summed E-state index contributed by atoms with van der Waals surface area (Å²) in [6.07, 6.45) is 2.12. The molecule has 0 fully saturated rings. The average Bonchev–Trinajstić information content (AvgIpc) is 2.56. The Morgan fingerprint density at radius 1 is 1.25 bits per heavy atom. The smallest absolute Gasteiger partial charge is 0.328 e. The normalized spacial score (nSPS) is 12.5. The summed E-state index contributed by atoms with van der Waals surface area (Å²) >= 11 is 1.55. The van der Waals surface area contributed by atoms with Gasteiger partial charge in [-0.1, -0.05) is 17.7 Å². The summed E-state index contributed by atoms with van der Waals surface area (Å²) in [6.45, 7) is 1.87. The minimum absolute atomic E-state index is 0.188. The molecule has 1 amide bonds. The van der Waals surface area contributed by atoms with E-state index in [-0.39, 0.29) is 17.1 Å². The van der Waals surface area contributed by atoms with E-state index in [1.807, 2.05) is 13.2 Å². The third-order valence-electron chi connectivity index (χ3n) is 3.41. The first-order valence-electron chi connectivity index (χ1n) is 7.45. The van der Waals surface area contributed by atoms with Crippen molar-refractivity contribution >= 4 is 33.5 Å². The Labute approximate surface area is 147 Å². The van der Waals surface area contributed by atoms with Gasteiger partial charge in [-0.25, -0.2) is 13.2 Å². The maximum Gasteiger partial charge on any atom is 0.328 e. The highest BCUT2D eigenvalue weighted by molar-refractivity contribution is 7.98. The Bertz CT molecular complexity index is 656. The highest BCUT2D eigenvalue weighted by atomic mass is 32.2. The maximum absolute atomic E-state index is 12.2. The summed E-state index contributed by atoms with van der Waals surface area (Å²) in [4.78, 5) is 23.8. The number of carbonyl (C=O) groups is 2. The van der Waals surface area contributed by atoms with Gasteiger partial charge in [-0.3, -0.25) is 4.79 Å². The lowest BCUT2D eigenvalue weighted by Crippen LogP contribution is -2.42. The lowest BCUT2D eigenvalue weighted by Gasteiger charge is -2.16. The summed E-state index contributed by atoms with van der Waals surface area (Å²) in [5, 5.41) is 2.54. The van der Waals surface area contributed by atoms with E-state index in [9.17, 15) is 18.0 Å². The quantitative estimate of drug-likeness (QED) is 0.661. The monoisotopic (exact) mass is 373 g/mol. The fraction of sp³-hybridized carbons (Fsp3) is 0.500. The van der Waals surface area contributed by atoms with Crippen molar-refractivity contribution in [1.82, 2.24) is 5.32 Å². The van der Waals surface area contributed by atoms with Crippen LogP contribution < -0.4 is 5.32 Å². The van der Waals surface area contributed by atoms with Crippen LogP contribution >= 0.6 is 11.8 Å². The van der Waals surface area contributed by atoms with E-state index >= 15 is 0 Å². The van der Waals surface area contributed by atoms with Gasteiger partial charge in [-0.15, -0.1) is 0 Å². The number of methoxy groups -OCH3 is 1. The predicted molar refractivity (Wildman–Crippen MR) is 94.8 cm³/mol. The van der Waals surface area contributed by atoms with Gasteiger partial charge in [-0.2, -0.15) is 11.8 Å². The van der Waals surface area contributed by atoms with E-state index in [1.165, 1.54) is 19.2 Å². The molecule has 0 saturated carbocycles. The molecule has 0 heterocycles. The van der Waals surface area contributed by atoms with E-state index < -0.39 is 27.8 Å². The molecule has 24 heavy (non-hydrogen) atoms. The zero-order chi connectivity index (χ0) is 18.2. The van der Waals surface area contributed by atoms with Crippen molar-refractivity contribution in [3.8, 4) is 0 Å². The van der Waals surface area contributed by atoms with Gasteiger partial charge in [0.05, 0.1) is 17.8 Å². The zero-order valence-corrected chi connectivity index (χ0v) is 15.7. The SMILES string of the molecule is COC(=O)[C@H](CCSC)NC(=O)CCS(=O)(=O)c1ccc(C)cc1. The first kappa shape index (κ1) is 20.5. The summed E-state index contributed by atoms with van der Waals surface area (Å²) in [6, 6.07) is 5.72. The van der Waals surface area contributed by atoms with Crippen molar-refractivity contribution < 1.29 is 22.7 Å². The number of ether oxygens (including phenoxy) is 1. The number of carbonyl (C=O) groups excluding carboxylic acids is 2. The molecule has 0 aliphatic carbocycles. The van der Waals surface area contributed by atoms with Gasteiger partial charge >= 0.3 is 5.97 Å². The molecule has 1 atom stereocenters. The molecule has 0 aliphatic rings. The largest absolute Gasteiger partial charge is 0.467 e. The molecule has 8 heteroatoms. The summed E-state index contributed by atoms with van der Waals surface area (Å²) < 4.78 is 29.1. The number of thioether (sulfide) groups is 1. The van der Waals surface area contributed by atoms with Crippen molar-refractivity contribution in [3.05, 3.63) is 29.8 Å². The lowest BCUT2D eigenvalue weighted by molar-refractivity contribution is -0.145. The fourth-order valence-electron chi connectivity index (χ4n) is 1.98. The number of aryl methyl sites for hydroxylation is 1. The molecule has 6 nitrogen and oxygen atoms in total. The van der Waals surface area contributed by atoms with Crippen molar-refractivity contribution in [3.63, 3.8) is 0 Å². The van der Waals surface area contributed by atoms with Gasteiger partial charge in [0.15, 0.2) is 9.84 Å². The standard InChI is InChI=1S/C16H23NO5S2/c1-12-4-6-13(7-5-12)24(20,21)11-9-15(18)17-14(8-10-23-3)16(19)22-2/h4-7,14H,8-11H2,1-3H3,(H,17,18)/t14-/m0/s1. The Morgan fingerprint density at radius 3 is 2.42 bits per heavy atom. The minimum atomic E-state index is -3.53. The van der Waals surface area contributed by atoms with Crippen molar-refractivity contribution in [2.45, 2.75) is 30.7 Å². The maximum atomic E-state index is 12.2. The Balaban J connectivity index is 2.63. The molecule has 0 bridgehead atoms. The van der Waals surface area contributed by atoms with E-state index in [0.29, 0.717) is 12.2 Å². The van der Waals surface area contributed by atoms with E-state index in [2.05, 4.69) is 10.1 Å². The molecule has 0 radical (unpaired) electrons. The second-order valence-electron chi connectivity index (χ2n) is 5.31. The van der Waals surface area contributed by atoms with E-state index in [1.54, 1.807) is 23.9 Å². The predicted octanol–water partition coefficient (Wildman–Crippen LogP) is 1.57. The lowest BCUT2D eigenvalue weighted by atomic mass is 10.2. The number of benzene rings is 1. The third-order valence-corrected chi connectivity index (χ3v) is 5.79. The molecule has 0 aliphatic heterocycles. The van der Waals surface area contributed by atoms with Crippen LogP contribution in [-0.4, -0.2) is 51.2 Å². The van der Waals surface area contributed by atoms with Crippen LogP contribution in [0.5, 0.6) is 0 Å². The number of rotatable bonds is 9. The second-order valence-corrected chi connectivity index (χ2v) is 8.40. The van der Waals surface area contributed by atoms with Crippen LogP contribution in [-0.2, 0) is 24.2 Å². The summed E-state index contributed by atoms with van der Waals surface area (Å²) in [7, 11) is -2.28. The van der Waals surface area contributed by atoms with Crippen LogP contribution in [0, 0.1) is 6.92 Å². The van der Waals surface area contributed by atoms with Crippen LogP contribution in [0.15, 0.2) is 29.2 Å². The van der Waals surface area contributed by atoms with E-state index in [0.717, 1.165) is 5.56 Å². The van der Waals surface area contributed by atoms with Crippen LogP contribution in [0.4, 0.5) is 0 Å². The molecule has 1 rings (SSSR count). The first-order valence-corrected chi connectivity index (χ1v) is 10.5. The zero-order valence-electron chi connectivity index (χ0n) is 14.1. The first-order chi connectivity index (χ1) is 11.3. The number of esters is 1. The van der Waals surface area contributed by atoms with Gasteiger partial charge in [-0.05, 0) is 37.5 Å². The van der Waals surface area contributed by atoms with Gasteiger partial charge < -0.3 is 10.1 Å². The highest BCUT2D eigenvalue weighted by Gasteiger charge is 2.22. The summed E-state index contributed by atoms with van der Waals surface area (Å²) in [5.41, 5.74) is 0.960. The number of hydrogen-bond donors (Lipinski definition) is 1. The molecule has 0 saturated heterocycles. The molecule has 0 unspecified atom stereocenters. The van der Waals surface area contributed by atoms with Crippen LogP contribution in [0.1, 0.15) is 18.4 Å². The number of nitrogens with one attached hydrogen (secondary N) is 1. The number of sulfone groups is 1. The third kappa shape index (κ3) is 6.52. The summed E-state index contributed by atoms with van der Waals surface area (Å²) in [5.74, 6) is -0.638. The molecule has 0 aromatic heterocycles. The van der Waals surface area contributed by atoms with Gasteiger partial charge in [0.25, 0.3) is 0 Å². The van der Waals surface area contributed by atoms with Crippen LogP contribution in [0.3, 0.4) is 0 Å². The molecular formula is C16H23NO5S2. The molecule has 0 spiro atoms. The van der Waals surface area contributed by atoms with Gasteiger partial charge in [0.2, 0.25) is 5.91 Å². The molecular weight excluding hydrogens is 350 g/mol. The number of amides is 1. The molecule has 1 aromatic rings. The number of hydrogen-bond acceptors (Lipinski definition) is 6. The topological polar surface area (TPSA) is 89.5 Å². The Morgan fingerprint density at radius 2 is 1.88 bits per heavy atom. The van der Waals surface area contributed by atoms with Crippen molar-refractivity contribution in [1.29, 1.82) is 0 Å². The van der Waals surface area contributed by atoms with Crippen LogP contribution in [0.25, 0.3) is 0 Å². The average molecular weight is 373 g/mol. The Hall–Kier alpha value is -1.54. The highest BCUT2D eigenvalue weighted by Crippen LogP contribution is 2.13. The van der Waals surface area contributed by atoms with Crippen LogP contribution in [0.2, 0.25) is 0 Å². The molecule has 1 N–H and O–H groups in total. The van der Waals surface area contributed by atoms with Crippen molar-refractivity contribution in [2.75, 3.05) is 24.9 Å². The second kappa shape index (κ2) is 9.68. The van der Waals surface area contributed by atoms with Gasteiger partial charge in [0, 0.05) is 6.42 Å². The fourth-order valence-corrected chi connectivity index (χ4v) is 3.70. The van der Waals surface area contributed by atoms with Crippen molar-refractivity contribution in [2.24, 2.45) is 0 Å². The molecule has 1 aromatic carbocycles. The van der Waals surface area contributed by atoms with E-state index in [4.69, 9.17) is 0 Å². The molecule has 134 valence electrons. The van der Waals surface area contributed by atoms with Gasteiger partial charge in [0.1, 0.15) is 6.04 Å². The minimum Gasteiger partial charge on any atom is -0.467 e. The Kier molecular flexibility index (Phi) is 8.27.